The highest BCUT2D eigenvalue weighted by molar-refractivity contribution is 6.16. The molecule has 0 saturated carbocycles. The smallest absolute Gasteiger partial charge is 0.143 e. The molecule has 2 heterocycles. The highest BCUT2D eigenvalue weighted by Crippen LogP contribution is 2.43. The standard InChI is InChI=1S/C28H18N2O/c1-2-9-20(10-3-1)31-28-22-12-6-5-11-21(22)27(24-18-29-17-16-23(24)28)26-15-14-19-8-4-7-13-25(19)30-26/h1-18H. The first kappa shape index (κ1) is 17.6. The molecule has 0 unspecified atom stereocenters. The summed E-state index contributed by atoms with van der Waals surface area (Å²) in [5, 5.41) is 5.31. The lowest BCUT2D eigenvalue weighted by Crippen LogP contribution is -1.94. The van der Waals surface area contributed by atoms with E-state index in [1.54, 1.807) is 0 Å². The van der Waals surface area contributed by atoms with Gasteiger partial charge in [0.2, 0.25) is 0 Å². The number of fused-ring (bicyclic) bond motifs is 3. The van der Waals surface area contributed by atoms with Crippen molar-refractivity contribution < 1.29 is 4.74 Å². The van der Waals surface area contributed by atoms with E-state index in [9.17, 15) is 0 Å². The number of hydrogen-bond acceptors (Lipinski definition) is 3. The van der Waals surface area contributed by atoms with Crippen molar-refractivity contribution in [1.82, 2.24) is 9.97 Å². The van der Waals surface area contributed by atoms with Crippen molar-refractivity contribution in [2.24, 2.45) is 0 Å². The average molecular weight is 398 g/mol. The first-order valence-corrected chi connectivity index (χ1v) is 10.3. The van der Waals surface area contributed by atoms with Crippen molar-refractivity contribution >= 4 is 32.4 Å². The maximum absolute atomic E-state index is 6.42. The van der Waals surface area contributed by atoms with E-state index in [2.05, 4.69) is 41.4 Å². The lowest BCUT2D eigenvalue weighted by atomic mass is 9.94. The van der Waals surface area contributed by atoms with Gasteiger partial charge in [-0.2, -0.15) is 0 Å². The molecule has 4 aromatic carbocycles. The minimum Gasteiger partial charge on any atom is -0.456 e. The van der Waals surface area contributed by atoms with Gasteiger partial charge in [-0.15, -0.1) is 0 Å². The van der Waals surface area contributed by atoms with Gasteiger partial charge in [-0.1, -0.05) is 66.7 Å². The number of ether oxygens (including phenoxy) is 1. The molecule has 3 heteroatoms. The molecule has 3 nitrogen and oxygen atoms in total. The van der Waals surface area contributed by atoms with Crippen molar-refractivity contribution in [3.8, 4) is 22.8 Å². The molecule has 0 aliphatic rings. The molecular formula is C28H18N2O. The van der Waals surface area contributed by atoms with Gasteiger partial charge in [0.1, 0.15) is 11.5 Å². The number of pyridine rings is 2. The quantitative estimate of drug-likeness (QED) is 0.291. The molecule has 0 bridgehead atoms. The zero-order chi connectivity index (χ0) is 20.6. The fourth-order valence-corrected chi connectivity index (χ4v) is 4.18. The Morgan fingerprint density at radius 3 is 2.23 bits per heavy atom. The van der Waals surface area contributed by atoms with Crippen molar-refractivity contribution in [2.75, 3.05) is 0 Å². The fraction of sp³-hybridized carbons (Fsp3) is 0. The summed E-state index contributed by atoms with van der Waals surface area (Å²) in [7, 11) is 0. The van der Waals surface area contributed by atoms with Gasteiger partial charge in [-0.3, -0.25) is 4.98 Å². The van der Waals surface area contributed by atoms with Crippen LogP contribution in [0.3, 0.4) is 0 Å². The van der Waals surface area contributed by atoms with Crippen LogP contribution in [0.2, 0.25) is 0 Å². The van der Waals surface area contributed by atoms with Crippen LogP contribution in [-0.2, 0) is 0 Å². The molecule has 31 heavy (non-hydrogen) atoms. The number of rotatable bonds is 3. The number of benzene rings is 4. The van der Waals surface area contributed by atoms with Crippen molar-refractivity contribution in [1.29, 1.82) is 0 Å². The van der Waals surface area contributed by atoms with Crippen molar-refractivity contribution in [3.05, 3.63) is 109 Å². The number of hydrogen-bond donors (Lipinski definition) is 0. The van der Waals surface area contributed by atoms with Gasteiger partial charge in [0, 0.05) is 39.5 Å². The molecule has 0 fully saturated rings. The lowest BCUT2D eigenvalue weighted by molar-refractivity contribution is 0.494. The summed E-state index contributed by atoms with van der Waals surface area (Å²) >= 11 is 0. The zero-order valence-corrected chi connectivity index (χ0v) is 16.7. The Morgan fingerprint density at radius 2 is 1.32 bits per heavy atom. The van der Waals surface area contributed by atoms with Crippen LogP contribution in [0.5, 0.6) is 11.5 Å². The first-order chi connectivity index (χ1) is 15.4. The van der Waals surface area contributed by atoms with Crippen molar-refractivity contribution in [3.63, 3.8) is 0 Å². The second-order valence-corrected chi connectivity index (χ2v) is 7.48. The molecule has 0 saturated heterocycles. The number of aromatic nitrogens is 2. The van der Waals surface area contributed by atoms with E-state index in [0.29, 0.717) is 0 Å². The third-order valence-electron chi connectivity index (χ3n) is 5.59. The molecule has 0 amide bonds. The van der Waals surface area contributed by atoms with E-state index in [1.807, 2.05) is 73.1 Å². The Labute approximate surface area is 179 Å². The summed E-state index contributed by atoms with van der Waals surface area (Å²) in [6.07, 6.45) is 3.72. The van der Waals surface area contributed by atoms with Crippen LogP contribution in [0.15, 0.2) is 109 Å². The first-order valence-electron chi connectivity index (χ1n) is 10.3. The van der Waals surface area contributed by atoms with E-state index in [-0.39, 0.29) is 0 Å². The monoisotopic (exact) mass is 398 g/mol. The van der Waals surface area contributed by atoms with Gasteiger partial charge < -0.3 is 4.74 Å². The van der Waals surface area contributed by atoms with Gasteiger partial charge in [0.15, 0.2) is 0 Å². The molecule has 6 rings (SSSR count). The third-order valence-corrected chi connectivity index (χ3v) is 5.59. The summed E-state index contributed by atoms with van der Waals surface area (Å²) in [5.74, 6) is 1.64. The van der Waals surface area contributed by atoms with E-state index in [1.165, 1.54) is 0 Å². The van der Waals surface area contributed by atoms with Crippen LogP contribution >= 0.6 is 0 Å². The van der Waals surface area contributed by atoms with E-state index in [0.717, 1.165) is 55.2 Å². The minimum absolute atomic E-state index is 0.808. The van der Waals surface area contributed by atoms with E-state index >= 15 is 0 Å². The Bertz CT molecular complexity index is 1500. The second kappa shape index (κ2) is 7.22. The summed E-state index contributed by atoms with van der Waals surface area (Å²) in [5.41, 5.74) is 2.98. The Morgan fingerprint density at radius 1 is 0.581 bits per heavy atom. The maximum Gasteiger partial charge on any atom is 0.143 e. The summed E-state index contributed by atoms with van der Waals surface area (Å²) in [4.78, 5) is 9.42. The normalized spacial score (nSPS) is 11.2. The van der Waals surface area contributed by atoms with Gasteiger partial charge in [-0.05, 0) is 35.7 Å². The van der Waals surface area contributed by atoms with Gasteiger partial charge >= 0.3 is 0 Å². The molecule has 0 atom stereocenters. The molecule has 0 radical (unpaired) electrons. The Hall–Kier alpha value is -4.24. The molecule has 0 N–H and O–H groups in total. The molecule has 2 aromatic heterocycles. The fourth-order valence-electron chi connectivity index (χ4n) is 4.18. The molecule has 0 spiro atoms. The number of para-hydroxylation sites is 2. The SMILES string of the molecule is c1ccc(Oc2c3ccccc3c(-c3ccc4ccccc4n3)c3cnccc23)cc1. The summed E-state index contributed by atoms with van der Waals surface area (Å²) in [6, 6.07) is 32.7. The minimum atomic E-state index is 0.808. The highest BCUT2D eigenvalue weighted by atomic mass is 16.5. The predicted molar refractivity (Wildman–Crippen MR) is 127 cm³/mol. The maximum atomic E-state index is 6.42. The second-order valence-electron chi connectivity index (χ2n) is 7.48. The van der Waals surface area contributed by atoms with Crippen LogP contribution in [-0.4, -0.2) is 9.97 Å². The molecule has 146 valence electrons. The van der Waals surface area contributed by atoms with Crippen LogP contribution in [0.25, 0.3) is 43.7 Å². The highest BCUT2D eigenvalue weighted by Gasteiger charge is 2.18. The van der Waals surface area contributed by atoms with Crippen molar-refractivity contribution in [2.45, 2.75) is 0 Å². The van der Waals surface area contributed by atoms with Gasteiger partial charge in [0.05, 0.1) is 11.2 Å². The Balaban J connectivity index is 1.69. The number of nitrogens with zero attached hydrogens (tertiary/aromatic N) is 2. The summed E-state index contributed by atoms with van der Waals surface area (Å²) < 4.78 is 6.42. The van der Waals surface area contributed by atoms with E-state index < -0.39 is 0 Å². The summed E-state index contributed by atoms with van der Waals surface area (Å²) in [6.45, 7) is 0. The average Bonchev–Trinajstić information content (AvgIpc) is 2.84. The largest absolute Gasteiger partial charge is 0.456 e. The molecule has 6 aromatic rings. The van der Waals surface area contributed by atoms with Crippen LogP contribution in [0.1, 0.15) is 0 Å². The molecular weight excluding hydrogens is 380 g/mol. The third kappa shape index (κ3) is 2.99. The van der Waals surface area contributed by atoms with E-state index in [4.69, 9.17) is 9.72 Å². The van der Waals surface area contributed by atoms with Crippen LogP contribution in [0, 0.1) is 0 Å². The topological polar surface area (TPSA) is 35.0 Å². The Kier molecular flexibility index (Phi) is 4.10. The lowest BCUT2D eigenvalue weighted by Gasteiger charge is -2.17. The van der Waals surface area contributed by atoms with Gasteiger partial charge in [-0.25, -0.2) is 4.98 Å². The van der Waals surface area contributed by atoms with Gasteiger partial charge in [0.25, 0.3) is 0 Å². The molecule has 0 aliphatic heterocycles. The predicted octanol–water partition coefficient (Wildman–Crippen LogP) is 7.40. The van der Waals surface area contributed by atoms with Crippen LogP contribution < -0.4 is 4.74 Å². The van der Waals surface area contributed by atoms with Crippen LogP contribution in [0.4, 0.5) is 0 Å². The zero-order valence-electron chi connectivity index (χ0n) is 16.7. The molecule has 0 aliphatic carbocycles.